The van der Waals surface area contributed by atoms with Crippen LogP contribution in [0, 0.1) is 0 Å². The molecule has 1 aromatic carbocycles. The number of imidazole rings is 1. The first-order chi connectivity index (χ1) is 12.2. The summed E-state index contributed by atoms with van der Waals surface area (Å²) in [6, 6.07) is 10.4. The van der Waals surface area contributed by atoms with Gasteiger partial charge in [0.2, 0.25) is 0 Å². The molecule has 0 aliphatic carbocycles. The van der Waals surface area contributed by atoms with Crippen LogP contribution in [0.5, 0.6) is 0 Å². The van der Waals surface area contributed by atoms with E-state index in [2.05, 4.69) is 39.1 Å². The lowest BCUT2D eigenvalue weighted by Gasteiger charge is -2.31. The van der Waals surface area contributed by atoms with Gasteiger partial charge in [-0.2, -0.15) is 0 Å². The number of aryl methyl sites for hydroxylation is 2. The van der Waals surface area contributed by atoms with Gasteiger partial charge in [0.1, 0.15) is 5.82 Å². The molecule has 1 saturated heterocycles. The molecule has 1 aliphatic heterocycles. The molecule has 0 bridgehead atoms. The van der Waals surface area contributed by atoms with Crippen molar-refractivity contribution >= 4 is 6.03 Å². The summed E-state index contributed by atoms with van der Waals surface area (Å²) < 4.78 is 7.59. The van der Waals surface area contributed by atoms with E-state index in [1.165, 1.54) is 5.56 Å². The van der Waals surface area contributed by atoms with Crippen LogP contribution in [-0.4, -0.2) is 46.3 Å². The van der Waals surface area contributed by atoms with Crippen LogP contribution >= 0.6 is 0 Å². The van der Waals surface area contributed by atoms with E-state index in [4.69, 9.17) is 4.74 Å². The first-order valence-corrected chi connectivity index (χ1v) is 8.90. The average molecular weight is 342 g/mol. The summed E-state index contributed by atoms with van der Waals surface area (Å²) in [6.45, 7) is 5.21. The SMILES string of the molecule is C[C@@H]1CN(C(=O)NCc2nccn2CCCc2ccccc2)CCO1. The first-order valence-electron chi connectivity index (χ1n) is 8.90. The molecular weight excluding hydrogens is 316 g/mol. The van der Waals surface area contributed by atoms with Crippen LogP contribution in [0.25, 0.3) is 0 Å². The van der Waals surface area contributed by atoms with Gasteiger partial charge in [0, 0.05) is 32.0 Å². The molecule has 2 aromatic rings. The molecule has 134 valence electrons. The van der Waals surface area contributed by atoms with Gasteiger partial charge in [0.25, 0.3) is 0 Å². The Morgan fingerprint density at radius 3 is 3.00 bits per heavy atom. The molecular formula is C19H26N4O2. The summed E-state index contributed by atoms with van der Waals surface area (Å²) in [5.74, 6) is 0.891. The highest BCUT2D eigenvalue weighted by molar-refractivity contribution is 5.74. The minimum absolute atomic E-state index is 0.0472. The molecule has 2 amide bonds. The molecule has 3 rings (SSSR count). The highest BCUT2D eigenvalue weighted by Crippen LogP contribution is 2.07. The molecule has 1 fully saturated rings. The molecule has 0 saturated carbocycles. The zero-order valence-electron chi connectivity index (χ0n) is 14.7. The van der Waals surface area contributed by atoms with E-state index in [1.807, 2.05) is 19.2 Å². The van der Waals surface area contributed by atoms with E-state index >= 15 is 0 Å². The Hall–Kier alpha value is -2.34. The van der Waals surface area contributed by atoms with Gasteiger partial charge in [-0.1, -0.05) is 30.3 Å². The van der Waals surface area contributed by atoms with Crippen molar-refractivity contribution < 1.29 is 9.53 Å². The van der Waals surface area contributed by atoms with Gasteiger partial charge in [-0.15, -0.1) is 0 Å². The second kappa shape index (κ2) is 8.67. The Morgan fingerprint density at radius 2 is 2.20 bits per heavy atom. The zero-order valence-corrected chi connectivity index (χ0v) is 14.7. The summed E-state index contributed by atoms with van der Waals surface area (Å²) in [5, 5.41) is 2.97. The van der Waals surface area contributed by atoms with E-state index < -0.39 is 0 Å². The quantitative estimate of drug-likeness (QED) is 0.877. The second-order valence-electron chi connectivity index (χ2n) is 6.41. The number of urea groups is 1. The average Bonchev–Trinajstić information content (AvgIpc) is 3.08. The van der Waals surface area contributed by atoms with Gasteiger partial charge in [-0.05, 0) is 25.3 Å². The molecule has 1 N–H and O–H groups in total. The van der Waals surface area contributed by atoms with E-state index in [1.54, 1.807) is 11.1 Å². The van der Waals surface area contributed by atoms with Gasteiger partial charge in [-0.3, -0.25) is 0 Å². The minimum Gasteiger partial charge on any atom is -0.375 e. The summed E-state index contributed by atoms with van der Waals surface area (Å²) >= 11 is 0. The molecule has 0 unspecified atom stereocenters. The third kappa shape index (κ3) is 5.06. The Labute approximate surface area is 148 Å². The molecule has 25 heavy (non-hydrogen) atoms. The van der Waals surface area contributed by atoms with E-state index in [9.17, 15) is 4.79 Å². The molecule has 0 spiro atoms. The molecule has 6 nitrogen and oxygen atoms in total. The van der Waals surface area contributed by atoms with Crippen molar-refractivity contribution in [3.8, 4) is 0 Å². The fraction of sp³-hybridized carbons (Fsp3) is 0.474. The van der Waals surface area contributed by atoms with Crippen LogP contribution < -0.4 is 5.32 Å². The van der Waals surface area contributed by atoms with Crippen molar-refractivity contribution in [3.05, 3.63) is 54.1 Å². The maximum Gasteiger partial charge on any atom is 0.317 e. The standard InChI is InChI=1S/C19H26N4O2/c1-16-15-23(12-13-25-16)19(24)21-14-18-20-9-11-22(18)10-5-8-17-6-3-2-4-7-17/h2-4,6-7,9,11,16H,5,8,10,12-15H2,1H3,(H,21,24)/t16-/m1/s1. The largest absolute Gasteiger partial charge is 0.375 e. The topological polar surface area (TPSA) is 59.4 Å². The Balaban J connectivity index is 1.45. The van der Waals surface area contributed by atoms with Crippen molar-refractivity contribution in [1.29, 1.82) is 0 Å². The number of carbonyl (C=O) groups excluding carboxylic acids is 1. The van der Waals surface area contributed by atoms with Crippen molar-refractivity contribution in [2.45, 2.75) is 39.0 Å². The number of nitrogens with zero attached hydrogens (tertiary/aromatic N) is 3. The lowest BCUT2D eigenvalue weighted by molar-refractivity contribution is -0.00354. The molecule has 1 atom stereocenters. The number of ether oxygens (including phenoxy) is 1. The van der Waals surface area contributed by atoms with Gasteiger partial charge < -0.3 is 19.5 Å². The van der Waals surface area contributed by atoms with Crippen molar-refractivity contribution in [1.82, 2.24) is 19.8 Å². The van der Waals surface area contributed by atoms with Crippen LogP contribution in [0.3, 0.4) is 0 Å². The number of aromatic nitrogens is 2. The highest BCUT2D eigenvalue weighted by atomic mass is 16.5. The number of benzene rings is 1. The van der Waals surface area contributed by atoms with Crippen LogP contribution in [0.4, 0.5) is 4.79 Å². The third-order valence-electron chi connectivity index (χ3n) is 4.44. The molecule has 0 radical (unpaired) electrons. The highest BCUT2D eigenvalue weighted by Gasteiger charge is 2.21. The Kier molecular flexibility index (Phi) is 6.06. The predicted molar refractivity (Wildman–Crippen MR) is 96.2 cm³/mol. The van der Waals surface area contributed by atoms with Gasteiger partial charge in [-0.25, -0.2) is 9.78 Å². The maximum atomic E-state index is 12.3. The smallest absolute Gasteiger partial charge is 0.317 e. The monoisotopic (exact) mass is 342 g/mol. The van der Waals surface area contributed by atoms with Gasteiger partial charge in [0.15, 0.2) is 0 Å². The van der Waals surface area contributed by atoms with Gasteiger partial charge >= 0.3 is 6.03 Å². The molecule has 1 aliphatic rings. The van der Waals surface area contributed by atoms with Crippen LogP contribution in [-0.2, 0) is 24.2 Å². The van der Waals surface area contributed by atoms with Crippen LogP contribution in [0.2, 0.25) is 0 Å². The van der Waals surface area contributed by atoms with E-state index in [-0.39, 0.29) is 12.1 Å². The van der Waals surface area contributed by atoms with Gasteiger partial charge in [0.05, 0.1) is 19.3 Å². The predicted octanol–water partition coefficient (Wildman–Crippen LogP) is 2.45. The molecule has 2 heterocycles. The Bertz CT molecular complexity index is 671. The normalized spacial score (nSPS) is 17.5. The summed E-state index contributed by atoms with van der Waals surface area (Å²) in [7, 11) is 0. The number of amides is 2. The van der Waals surface area contributed by atoms with Crippen molar-refractivity contribution in [2.24, 2.45) is 0 Å². The van der Waals surface area contributed by atoms with E-state index in [0.717, 1.165) is 25.2 Å². The third-order valence-corrected chi connectivity index (χ3v) is 4.44. The number of rotatable bonds is 6. The lowest BCUT2D eigenvalue weighted by atomic mass is 10.1. The number of carbonyl (C=O) groups is 1. The minimum atomic E-state index is -0.0472. The fourth-order valence-corrected chi connectivity index (χ4v) is 3.08. The zero-order chi connectivity index (χ0) is 17.5. The number of hydrogen-bond donors (Lipinski definition) is 1. The van der Waals surface area contributed by atoms with Crippen molar-refractivity contribution in [2.75, 3.05) is 19.7 Å². The second-order valence-corrected chi connectivity index (χ2v) is 6.41. The number of morpholine rings is 1. The number of hydrogen-bond acceptors (Lipinski definition) is 3. The van der Waals surface area contributed by atoms with Crippen molar-refractivity contribution in [3.63, 3.8) is 0 Å². The Morgan fingerprint density at radius 1 is 1.36 bits per heavy atom. The van der Waals surface area contributed by atoms with Crippen LogP contribution in [0.15, 0.2) is 42.7 Å². The molecule has 6 heteroatoms. The van der Waals surface area contributed by atoms with E-state index in [0.29, 0.717) is 26.2 Å². The summed E-state index contributed by atoms with van der Waals surface area (Å²) in [6.07, 6.45) is 5.95. The summed E-state index contributed by atoms with van der Waals surface area (Å²) in [5.41, 5.74) is 1.35. The number of nitrogens with one attached hydrogen (secondary N) is 1. The summed E-state index contributed by atoms with van der Waals surface area (Å²) in [4.78, 5) is 18.5. The molecule has 1 aromatic heterocycles. The lowest BCUT2D eigenvalue weighted by Crippen LogP contribution is -2.48. The first kappa shape index (κ1) is 17.5. The fourth-order valence-electron chi connectivity index (χ4n) is 3.08. The van der Waals surface area contributed by atoms with Crippen LogP contribution in [0.1, 0.15) is 24.7 Å². The maximum absolute atomic E-state index is 12.3.